The van der Waals surface area contributed by atoms with Crippen LogP contribution in [0.4, 0.5) is 0 Å². The summed E-state index contributed by atoms with van der Waals surface area (Å²) in [5.74, 6) is -0.282. The van der Waals surface area contributed by atoms with Crippen molar-refractivity contribution in [1.29, 1.82) is 0 Å². The van der Waals surface area contributed by atoms with Crippen LogP contribution >= 0.6 is 15.9 Å². The molecule has 0 spiro atoms. The van der Waals surface area contributed by atoms with Crippen molar-refractivity contribution >= 4 is 33.8 Å². The number of carbonyl (C=O) groups is 2. The molecule has 1 heterocycles. The Morgan fingerprint density at radius 1 is 1.00 bits per heavy atom. The number of amides is 2. The van der Waals surface area contributed by atoms with Gasteiger partial charge in [0.05, 0.1) is 6.26 Å². The van der Waals surface area contributed by atoms with Crippen LogP contribution in [-0.2, 0) is 11.2 Å². The first-order chi connectivity index (χ1) is 13.6. The van der Waals surface area contributed by atoms with Crippen molar-refractivity contribution in [3.8, 4) is 0 Å². The van der Waals surface area contributed by atoms with Crippen LogP contribution in [0.3, 0.4) is 0 Å². The van der Waals surface area contributed by atoms with E-state index in [4.69, 9.17) is 4.42 Å². The zero-order valence-corrected chi connectivity index (χ0v) is 16.6. The number of furan rings is 1. The van der Waals surface area contributed by atoms with Crippen molar-refractivity contribution in [2.75, 3.05) is 6.54 Å². The zero-order chi connectivity index (χ0) is 19.8. The summed E-state index contributed by atoms with van der Waals surface area (Å²) in [6, 6.07) is 20.2. The molecule has 0 fully saturated rings. The molecule has 0 aliphatic rings. The highest BCUT2D eigenvalue weighted by Crippen LogP contribution is 2.13. The van der Waals surface area contributed by atoms with E-state index in [1.54, 1.807) is 30.3 Å². The molecular formula is C22H19BrN2O3. The first-order valence-electron chi connectivity index (χ1n) is 8.76. The second kappa shape index (κ2) is 9.71. The van der Waals surface area contributed by atoms with Crippen molar-refractivity contribution in [1.82, 2.24) is 10.6 Å². The number of halogens is 1. The van der Waals surface area contributed by atoms with Crippen molar-refractivity contribution in [3.05, 3.63) is 100 Å². The fraction of sp³-hybridized carbons (Fsp3) is 0.0909. The lowest BCUT2D eigenvalue weighted by Crippen LogP contribution is -2.35. The van der Waals surface area contributed by atoms with Crippen LogP contribution < -0.4 is 10.6 Å². The van der Waals surface area contributed by atoms with Gasteiger partial charge >= 0.3 is 0 Å². The van der Waals surface area contributed by atoms with Crippen LogP contribution in [0, 0.1) is 0 Å². The molecule has 2 aromatic carbocycles. The Kier molecular flexibility index (Phi) is 6.81. The molecule has 0 atom stereocenters. The minimum absolute atomic E-state index is 0.119. The molecule has 0 bridgehead atoms. The van der Waals surface area contributed by atoms with Crippen LogP contribution in [0.2, 0.25) is 0 Å². The molecule has 0 saturated carbocycles. The highest BCUT2D eigenvalue weighted by Gasteiger charge is 2.15. The van der Waals surface area contributed by atoms with Gasteiger partial charge in [0.2, 0.25) is 0 Å². The number of hydrogen-bond donors (Lipinski definition) is 2. The fourth-order valence-corrected chi connectivity index (χ4v) is 2.96. The Morgan fingerprint density at radius 3 is 2.54 bits per heavy atom. The molecule has 3 rings (SSSR count). The summed E-state index contributed by atoms with van der Waals surface area (Å²) in [6.07, 6.45) is 3.71. The largest absolute Gasteiger partial charge is 0.465 e. The number of carbonyl (C=O) groups excluding carboxylic acids is 2. The summed E-state index contributed by atoms with van der Waals surface area (Å²) in [6.45, 7) is 0.450. The number of hydrogen-bond acceptors (Lipinski definition) is 3. The van der Waals surface area contributed by atoms with E-state index in [0.717, 1.165) is 10.0 Å². The predicted octanol–water partition coefficient (Wildman–Crippen LogP) is 4.17. The molecule has 142 valence electrons. The molecule has 0 aliphatic carbocycles. The van der Waals surface area contributed by atoms with Gasteiger partial charge in [-0.3, -0.25) is 9.59 Å². The standard InChI is InChI=1S/C22H19BrN2O3/c23-18-9-4-8-17(14-18)21(26)25-20(15-19-10-5-13-28-19)22(27)24-12-11-16-6-2-1-3-7-16/h1-10,13-15H,11-12H2,(H,24,27)(H,25,26)/b20-15-. The van der Waals surface area contributed by atoms with Gasteiger partial charge in [0, 0.05) is 22.7 Å². The quantitative estimate of drug-likeness (QED) is 0.543. The lowest BCUT2D eigenvalue weighted by molar-refractivity contribution is -0.117. The maximum Gasteiger partial charge on any atom is 0.267 e. The Balaban J connectivity index is 1.69. The topological polar surface area (TPSA) is 71.3 Å². The van der Waals surface area contributed by atoms with Crippen molar-refractivity contribution in [2.24, 2.45) is 0 Å². The normalized spacial score (nSPS) is 11.1. The maximum absolute atomic E-state index is 12.6. The van der Waals surface area contributed by atoms with Crippen molar-refractivity contribution < 1.29 is 14.0 Å². The van der Waals surface area contributed by atoms with Crippen LogP contribution in [0.25, 0.3) is 6.08 Å². The SMILES string of the molecule is O=C(NCCc1ccccc1)/C(=C/c1ccco1)NC(=O)c1cccc(Br)c1. The average molecular weight is 439 g/mol. The summed E-state index contributed by atoms with van der Waals surface area (Å²) in [4.78, 5) is 25.2. The van der Waals surface area contributed by atoms with Crippen molar-refractivity contribution in [2.45, 2.75) is 6.42 Å². The second-order valence-electron chi connectivity index (χ2n) is 6.03. The Morgan fingerprint density at radius 2 is 1.82 bits per heavy atom. The van der Waals surface area contributed by atoms with Gasteiger partial charge in [-0.2, -0.15) is 0 Å². The van der Waals surface area contributed by atoms with E-state index in [2.05, 4.69) is 26.6 Å². The maximum atomic E-state index is 12.6. The molecule has 2 N–H and O–H groups in total. The second-order valence-corrected chi connectivity index (χ2v) is 6.95. The minimum atomic E-state index is -0.379. The molecule has 6 heteroatoms. The number of nitrogens with one attached hydrogen (secondary N) is 2. The lowest BCUT2D eigenvalue weighted by atomic mass is 10.1. The van der Waals surface area contributed by atoms with Gasteiger partial charge in [-0.1, -0.05) is 52.3 Å². The third kappa shape index (κ3) is 5.69. The van der Waals surface area contributed by atoms with E-state index in [9.17, 15) is 9.59 Å². The van der Waals surface area contributed by atoms with Gasteiger partial charge in [0.25, 0.3) is 11.8 Å². The van der Waals surface area contributed by atoms with Crippen LogP contribution in [0.5, 0.6) is 0 Å². The molecule has 5 nitrogen and oxygen atoms in total. The van der Waals surface area contributed by atoms with Crippen molar-refractivity contribution in [3.63, 3.8) is 0 Å². The molecule has 0 saturated heterocycles. The molecule has 3 aromatic rings. The third-order valence-corrected chi connectivity index (χ3v) is 4.44. The predicted molar refractivity (Wildman–Crippen MR) is 111 cm³/mol. The van der Waals surface area contributed by atoms with Gasteiger partial charge in [-0.05, 0) is 42.3 Å². The minimum Gasteiger partial charge on any atom is -0.465 e. The van der Waals surface area contributed by atoms with Gasteiger partial charge in [0.1, 0.15) is 11.5 Å². The third-order valence-electron chi connectivity index (χ3n) is 3.95. The molecule has 1 aromatic heterocycles. The van der Waals surface area contributed by atoms with E-state index in [1.165, 1.54) is 12.3 Å². The molecule has 0 radical (unpaired) electrons. The highest BCUT2D eigenvalue weighted by atomic mass is 79.9. The fourth-order valence-electron chi connectivity index (χ4n) is 2.56. The zero-order valence-electron chi connectivity index (χ0n) is 15.0. The summed E-state index contributed by atoms with van der Waals surface area (Å²) in [5.41, 5.74) is 1.68. The van der Waals surface area contributed by atoms with Crippen LogP contribution in [-0.4, -0.2) is 18.4 Å². The molecule has 28 heavy (non-hydrogen) atoms. The molecule has 2 amide bonds. The van der Waals surface area contributed by atoms with E-state index < -0.39 is 0 Å². The van der Waals surface area contributed by atoms with Gasteiger partial charge < -0.3 is 15.1 Å². The molecular weight excluding hydrogens is 420 g/mol. The number of rotatable bonds is 7. The first-order valence-corrected chi connectivity index (χ1v) is 9.55. The van der Waals surface area contributed by atoms with E-state index >= 15 is 0 Å². The Bertz CT molecular complexity index is 966. The van der Waals surface area contributed by atoms with E-state index in [0.29, 0.717) is 24.3 Å². The van der Waals surface area contributed by atoms with E-state index in [-0.39, 0.29) is 17.5 Å². The Labute approximate surface area is 171 Å². The smallest absolute Gasteiger partial charge is 0.267 e. The molecule has 0 unspecified atom stereocenters. The summed E-state index contributed by atoms with van der Waals surface area (Å²) >= 11 is 3.34. The average Bonchev–Trinajstić information content (AvgIpc) is 3.21. The van der Waals surface area contributed by atoms with Crippen LogP contribution in [0.1, 0.15) is 21.7 Å². The summed E-state index contributed by atoms with van der Waals surface area (Å²) < 4.78 is 6.06. The Hall–Kier alpha value is -3.12. The van der Waals surface area contributed by atoms with E-state index in [1.807, 2.05) is 36.4 Å². The van der Waals surface area contributed by atoms with Gasteiger partial charge in [0.15, 0.2) is 0 Å². The first kappa shape index (κ1) is 19.6. The van der Waals surface area contributed by atoms with Crippen LogP contribution in [0.15, 0.2) is 87.6 Å². The lowest BCUT2D eigenvalue weighted by Gasteiger charge is -2.11. The highest BCUT2D eigenvalue weighted by molar-refractivity contribution is 9.10. The van der Waals surface area contributed by atoms with Gasteiger partial charge in [-0.15, -0.1) is 0 Å². The number of benzene rings is 2. The van der Waals surface area contributed by atoms with Gasteiger partial charge in [-0.25, -0.2) is 0 Å². The summed E-state index contributed by atoms with van der Waals surface area (Å²) in [7, 11) is 0. The monoisotopic (exact) mass is 438 g/mol. The summed E-state index contributed by atoms with van der Waals surface area (Å²) in [5, 5.41) is 5.52. The molecule has 0 aliphatic heterocycles.